The molecule has 0 atom stereocenters. The number of nitrogens with zero attached hydrogens (tertiary/aromatic N) is 7. The van der Waals surface area contributed by atoms with E-state index in [0.717, 1.165) is 43.0 Å². The predicted octanol–water partition coefficient (Wildman–Crippen LogP) is 4.78. The van der Waals surface area contributed by atoms with Gasteiger partial charge in [-0.15, -0.1) is 13.2 Å². The van der Waals surface area contributed by atoms with Crippen molar-refractivity contribution in [1.29, 1.82) is 0 Å². The number of piperidine rings is 1. The largest absolute Gasteiger partial charge is 0.573 e. The number of hydrogen-bond donors (Lipinski definition) is 0. The third-order valence-corrected chi connectivity index (χ3v) is 6.63. The number of hydrogen-bond acceptors (Lipinski definition) is 8. The molecule has 1 aliphatic heterocycles. The summed E-state index contributed by atoms with van der Waals surface area (Å²) in [6.07, 6.45) is -0.702. The minimum Gasteiger partial charge on any atom is -0.406 e. The molecule has 38 heavy (non-hydrogen) atoms. The lowest BCUT2D eigenvalue weighted by Crippen LogP contribution is -2.42. The van der Waals surface area contributed by atoms with Crippen molar-refractivity contribution >= 4 is 5.82 Å². The van der Waals surface area contributed by atoms with Crippen LogP contribution in [0.3, 0.4) is 0 Å². The van der Waals surface area contributed by atoms with Crippen molar-refractivity contribution in [2.45, 2.75) is 38.7 Å². The molecule has 0 N–H and O–H groups in total. The summed E-state index contributed by atoms with van der Waals surface area (Å²) in [7, 11) is 4.26. The first-order valence-corrected chi connectivity index (χ1v) is 12.3. The lowest BCUT2D eigenvalue weighted by molar-refractivity contribution is -0.274. The van der Waals surface area contributed by atoms with Crippen LogP contribution in [0.5, 0.6) is 5.75 Å². The minimum absolute atomic E-state index is 0.219. The zero-order valence-corrected chi connectivity index (χ0v) is 21.3. The third-order valence-electron chi connectivity index (χ3n) is 6.63. The molecule has 9 nitrogen and oxygen atoms in total. The van der Waals surface area contributed by atoms with Crippen molar-refractivity contribution in [3.05, 3.63) is 59.9 Å². The smallest absolute Gasteiger partial charge is 0.406 e. The van der Waals surface area contributed by atoms with Gasteiger partial charge in [-0.2, -0.15) is 10.1 Å². The SMILES string of the molecule is Cc1cc(-c2nc(-c3ccc(OC(F)(F)F)cc3)no2)nn1Cc1ccnc(N2CCC(N(C)C)CC2)c1. The Kier molecular flexibility index (Phi) is 7.06. The first-order chi connectivity index (χ1) is 18.1. The van der Waals surface area contributed by atoms with Crippen molar-refractivity contribution in [1.82, 2.24) is 29.8 Å². The fourth-order valence-electron chi connectivity index (χ4n) is 4.54. The Labute approximate surface area is 217 Å². The molecule has 0 saturated carbocycles. The molecule has 1 fully saturated rings. The lowest BCUT2D eigenvalue weighted by atomic mass is 10.0. The highest BCUT2D eigenvalue weighted by atomic mass is 19.4. The molecular weight excluding hydrogens is 499 g/mol. The van der Waals surface area contributed by atoms with Crippen molar-refractivity contribution in [2.24, 2.45) is 0 Å². The standard InChI is InChI=1S/C26H28F3N7O2/c1-17-14-22(25-31-24(33-38-25)19-4-6-21(7-5-19)37-26(27,28)29)32-36(17)16-18-8-11-30-23(15-18)35-12-9-20(10-13-35)34(2)3/h4-8,11,14-15,20H,9-10,12-13,16H2,1-3H3. The van der Waals surface area contributed by atoms with Crippen LogP contribution in [0.4, 0.5) is 19.0 Å². The van der Waals surface area contributed by atoms with Gasteiger partial charge in [0.05, 0.1) is 6.54 Å². The summed E-state index contributed by atoms with van der Waals surface area (Å²) in [6, 6.07) is 11.8. The molecule has 4 aromatic rings. The molecule has 5 rings (SSSR count). The average molecular weight is 528 g/mol. The number of ether oxygens (including phenoxy) is 1. The summed E-state index contributed by atoms with van der Waals surface area (Å²) in [5.74, 6) is 1.11. The van der Waals surface area contributed by atoms with Gasteiger partial charge in [0.1, 0.15) is 11.6 Å². The van der Waals surface area contributed by atoms with E-state index >= 15 is 0 Å². The third kappa shape index (κ3) is 5.96. The summed E-state index contributed by atoms with van der Waals surface area (Å²) < 4.78 is 48.3. The van der Waals surface area contributed by atoms with Crippen molar-refractivity contribution < 1.29 is 22.4 Å². The second kappa shape index (κ2) is 10.4. The quantitative estimate of drug-likeness (QED) is 0.340. The highest BCUT2D eigenvalue weighted by Crippen LogP contribution is 2.27. The van der Waals surface area contributed by atoms with Gasteiger partial charge in [0.25, 0.3) is 5.89 Å². The molecule has 0 radical (unpaired) electrons. The maximum Gasteiger partial charge on any atom is 0.573 e. The number of aromatic nitrogens is 5. The molecule has 0 amide bonds. The Morgan fingerprint density at radius 3 is 2.50 bits per heavy atom. The monoisotopic (exact) mass is 527 g/mol. The van der Waals surface area contributed by atoms with E-state index in [1.165, 1.54) is 24.3 Å². The van der Waals surface area contributed by atoms with E-state index < -0.39 is 6.36 Å². The number of pyridine rings is 1. The minimum atomic E-state index is -4.75. The second-order valence-corrected chi connectivity index (χ2v) is 9.53. The highest BCUT2D eigenvalue weighted by molar-refractivity contribution is 5.59. The summed E-state index contributed by atoms with van der Waals surface area (Å²) in [6.45, 7) is 4.45. The van der Waals surface area contributed by atoms with Crippen LogP contribution in [-0.4, -0.2) is 69.4 Å². The van der Waals surface area contributed by atoms with Gasteiger partial charge in [0, 0.05) is 36.6 Å². The molecule has 4 heterocycles. The Morgan fingerprint density at radius 1 is 1.08 bits per heavy atom. The number of rotatable bonds is 7. The van der Waals surface area contributed by atoms with Gasteiger partial charge in [-0.3, -0.25) is 4.68 Å². The Balaban J connectivity index is 1.27. The van der Waals surface area contributed by atoms with Crippen LogP contribution < -0.4 is 9.64 Å². The van der Waals surface area contributed by atoms with Crippen LogP contribution in [0.2, 0.25) is 0 Å². The number of benzene rings is 1. The molecule has 3 aromatic heterocycles. The second-order valence-electron chi connectivity index (χ2n) is 9.53. The van der Waals surface area contributed by atoms with Crippen LogP contribution in [0.1, 0.15) is 24.1 Å². The Hall–Kier alpha value is -3.93. The lowest BCUT2D eigenvalue weighted by Gasteiger charge is -2.35. The van der Waals surface area contributed by atoms with Crippen LogP contribution in [0.25, 0.3) is 23.0 Å². The predicted molar refractivity (Wildman–Crippen MR) is 135 cm³/mol. The van der Waals surface area contributed by atoms with E-state index in [9.17, 15) is 13.2 Å². The van der Waals surface area contributed by atoms with Crippen molar-refractivity contribution in [3.8, 4) is 28.7 Å². The van der Waals surface area contributed by atoms with Crippen molar-refractivity contribution in [3.63, 3.8) is 0 Å². The van der Waals surface area contributed by atoms with Crippen LogP contribution in [0.15, 0.2) is 53.2 Å². The average Bonchev–Trinajstić information content (AvgIpc) is 3.51. The van der Waals surface area contributed by atoms with Gasteiger partial charge < -0.3 is 19.1 Å². The van der Waals surface area contributed by atoms with Crippen LogP contribution in [-0.2, 0) is 6.54 Å². The first-order valence-electron chi connectivity index (χ1n) is 12.3. The molecule has 1 saturated heterocycles. The van der Waals surface area contributed by atoms with E-state index in [0.29, 0.717) is 23.8 Å². The van der Waals surface area contributed by atoms with Gasteiger partial charge >= 0.3 is 6.36 Å². The zero-order chi connectivity index (χ0) is 26.9. The summed E-state index contributed by atoms with van der Waals surface area (Å²) in [5.41, 5.74) is 3.00. The molecule has 12 heteroatoms. The zero-order valence-electron chi connectivity index (χ0n) is 21.3. The van der Waals surface area contributed by atoms with Gasteiger partial charge in [-0.05, 0) is 81.9 Å². The fourth-order valence-corrected chi connectivity index (χ4v) is 4.54. The molecule has 0 unspecified atom stereocenters. The van der Waals surface area contributed by atoms with Crippen molar-refractivity contribution in [2.75, 3.05) is 32.1 Å². The number of alkyl halides is 3. The van der Waals surface area contributed by atoms with Gasteiger partial charge in [0.2, 0.25) is 5.82 Å². The Bertz CT molecular complexity index is 1370. The van der Waals surface area contributed by atoms with Gasteiger partial charge in [-0.1, -0.05) is 5.16 Å². The molecule has 1 aromatic carbocycles. The normalized spacial score (nSPS) is 14.9. The molecule has 0 bridgehead atoms. The molecule has 1 aliphatic rings. The van der Waals surface area contributed by atoms with Gasteiger partial charge in [0.15, 0.2) is 5.69 Å². The van der Waals surface area contributed by atoms with E-state index in [1.54, 1.807) is 0 Å². The van der Waals surface area contributed by atoms with Crippen LogP contribution in [0, 0.1) is 6.92 Å². The van der Waals surface area contributed by atoms with Crippen LogP contribution >= 0.6 is 0 Å². The molecule has 0 aliphatic carbocycles. The molecule has 0 spiro atoms. The summed E-state index contributed by atoms with van der Waals surface area (Å²) in [5, 5.41) is 8.60. The topological polar surface area (TPSA) is 85.3 Å². The number of aryl methyl sites for hydroxylation is 1. The molecular formula is C26H28F3N7O2. The fraction of sp³-hybridized carbons (Fsp3) is 0.385. The number of halogens is 3. The van der Waals surface area contributed by atoms with Gasteiger partial charge in [-0.25, -0.2) is 4.98 Å². The van der Waals surface area contributed by atoms with E-state index in [1.807, 2.05) is 29.9 Å². The summed E-state index contributed by atoms with van der Waals surface area (Å²) >= 11 is 0. The van der Waals surface area contributed by atoms with E-state index in [2.05, 4.69) is 54.9 Å². The number of anilines is 1. The van der Waals surface area contributed by atoms with E-state index in [4.69, 9.17) is 4.52 Å². The maximum absolute atomic E-state index is 12.4. The maximum atomic E-state index is 12.4. The van der Waals surface area contributed by atoms with E-state index in [-0.39, 0.29) is 17.5 Å². The summed E-state index contributed by atoms with van der Waals surface area (Å²) in [4.78, 5) is 13.6. The highest BCUT2D eigenvalue weighted by Gasteiger charge is 2.31. The Morgan fingerprint density at radius 2 is 1.82 bits per heavy atom. The first kappa shape index (κ1) is 25.7. The molecule has 200 valence electrons.